The molecule has 1 unspecified atom stereocenters. The highest BCUT2D eigenvalue weighted by Crippen LogP contribution is 2.33. The third kappa shape index (κ3) is 3.54. The lowest BCUT2D eigenvalue weighted by Crippen LogP contribution is -2.45. The monoisotopic (exact) mass is 311 g/mol. The third-order valence-corrected chi connectivity index (χ3v) is 4.49. The number of ether oxygens (including phenoxy) is 1. The number of pyridine rings is 1. The Morgan fingerprint density at radius 1 is 1.17 bits per heavy atom. The minimum atomic E-state index is 0.138. The first-order chi connectivity index (χ1) is 11.3. The second-order valence-corrected chi connectivity index (χ2v) is 5.88. The van der Waals surface area contributed by atoms with Gasteiger partial charge in [-0.3, -0.25) is 9.88 Å². The summed E-state index contributed by atoms with van der Waals surface area (Å²) in [5, 5.41) is 3.43. The van der Waals surface area contributed by atoms with Gasteiger partial charge in [0.05, 0.1) is 18.8 Å². The second-order valence-electron chi connectivity index (χ2n) is 5.88. The van der Waals surface area contributed by atoms with Crippen LogP contribution in [0.25, 0.3) is 0 Å². The van der Waals surface area contributed by atoms with E-state index in [-0.39, 0.29) is 6.04 Å². The van der Waals surface area contributed by atoms with E-state index in [1.54, 1.807) is 7.11 Å². The Labute approximate surface area is 138 Å². The Morgan fingerprint density at radius 3 is 2.61 bits per heavy atom. The summed E-state index contributed by atoms with van der Waals surface area (Å²) in [6, 6.07) is 12.8. The van der Waals surface area contributed by atoms with Crippen LogP contribution in [0, 0.1) is 0 Å². The number of methoxy groups -OCH3 is 1. The maximum absolute atomic E-state index is 5.61. The maximum atomic E-state index is 5.61. The minimum absolute atomic E-state index is 0.138. The molecule has 4 nitrogen and oxygen atoms in total. The first kappa shape index (κ1) is 16.0. The number of piperazine rings is 1. The Kier molecular flexibility index (Phi) is 5.26. The molecule has 3 rings (SSSR count). The molecule has 1 aliphatic rings. The zero-order chi connectivity index (χ0) is 16.1. The summed E-state index contributed by atoms with van der Waals surface area (Å²) in [4.78, 5) is 7.25. The maximum Gasteiger partial charge on any atom is 0.124 e. The summed E-state index contributed by atoms with van der Waals surface area (Å²) in [5.74, 6) is 0.928. The van der Waals surface area contributed by atoms with Gasteiger partial charge in [-0.2, -0.15) is 0 Å². The van der Waals surface area contributed by atoms with E-state index in [0.717, 1.165) is 44.0 Å². The van der Waals surface area contributed by atoms with E-state index < -0.39 is 0 Å². The summed E-state index contributed by atoms with van der Waals surface area (Å²) >= 11 is 0. The molecule has 1 aromatic carbocycles. The molecule has 2 aromatic rings. The van der Waals surface area contributed by atoms with Gasteiger partial charge in [0.1, 0.15) is 5.75 Å². The molecule has 0 aliphatic carbocycles. The topological polar surface area (TPSA) is 37.4 Å². The average Bonchev–Trinajstić information content (AvgIpc) is 2.64. The Bertz CT molecular complexity index is 621. The number of aromatic nitrogens is 1. The molecule has 0 bridgehead atoms. The molecular formula is C19H25N3O. The zero-order valence-electron chi connectivity index (χ0n) is 14.0. The summed E-state index contributed by atoms with van der Waals surface area (Å²) in [5.41, 5.74) is 3.55. The highest BCUT2D eigenvalue weighted by molar-refractivity contribution is 5.40. The predicted molar refractivity (Wildman–Crippen MR) is 92.9 cm³/mol. The number of nitrogens with zero attached hydrogens (tertiary/aromatic N) is 2. The first-order valence-electron chi connectivity index (χ1n) is 8.36. The lowest BCUT2D eigenvalue weighted by molar-refractivity contribution is 0.192. The molecule has 122 valence electrons. The molecule has 1 fully saturated rings. The van der Waals surface area contributed by atoms with E-state index >= 15 is 0 Å². The van der Waals surface area contributed by atoms with Crippen molar-refractivity contribution in [1.29, 1.82) is 0 Å². The van der Waals surface area contributed by atoms with Crippen molar-refractivity contribution in [3.63, 3.8) is 0 Å². The molecule has 1 aliphatic heterocycles. The average molecular weight is 311 g/mol. The van der Waals surface area contributed by atoms with Crippen molar-refractivity contribution in [3.05, 3.63) is 59.4 Å². The van der Waals surface area contributed by atoms with Crippen LogP contribution in [0.4, 0.5) is 0 Å². The second kappa shape index (κ2) is 7.57. The quantitative estimate of drug-likeness (QED) is 0.921. The third-order valence-electron chi connectivity index (χ3n) is 4.49. The molecule has 23 heavy (non-hydrogen) atoms. The number of hydrogen-bond acceptors (Lipinski definition) is 4. The fourth-order valence-corrected chi connectivity index (χ4v) is 3.18. The molecular weight excluding hydrogens is 286 g/mol. The van der Waals surface area contributed by atoms with E-state index in [1.807, 2.05) is 18.3 Å². The smallest absolute Gasteiger partial charge is 0.124 e. The van der Waals surface area contributed by atoms with Crippen LogP contribution >= 0.6 is 0 Å². The molecule has 0 saturated carbocycles. The van der Waals surface area contributed by atoms with E-state index in [2.05, 4.69) is 41.4 Å². The standard InChI is InChI=1S/C19H25N3O/c1-3-15-8-9-17(21-14-15)19(22-12-10-20-11-13-22)16-6-4-5-7-18(16)23-2/h4-9,14,19-20H,3,10-13H2,1-2H3. The SMILES string of the molecule is CCc1ccc(C(c2ccccc2OC)N2CCNCC2)nc1. The van der Waals surface area contributed by atoms with Crippen molar-refractivity contribution in [1.82, 2.24) is 15.2 Å². The van der Waals surface area contributed by atoms with Crippen LogP contribution in [0.2, 0.25) is 0 Å². The van der Waals surface area contributed by atoms with Crippen molar-refractivity contribution < 1.29 is 4.74 Å². The van der Waals surface area contributed by atoms with Crippen LogP contribution in [0.15, 0.2) is 42.6 Å². The summed E-state index contributed by atoms with van der Waals surface area (Å²) in [6.45, 7) is 6.21. The highest BCUT2D eigenvalue weighted by Gasteiger charge is 2.27. The Hall–Kier alpha value is -1.91. The summed E-state index contributed by atoms with van der Waals surface area (Å²) < 4.78 is 5.61. The number of benzene rings is 1. The fourth-order valence-electron chi connectivity index (χ4n) is 3.18. The van der Waals surface area contributed by atoms with E-state index in [9.17, 15) is 0 Å². The van der Waals surface area contributed by atoms with Crippen molar-refractivity contribution in [2.75, 3.05) is 33.3 Å². The molecule has 1 aromatic heterocycles. The van der Waals surface area contributed by atoms with E-state index in [1.165, 1.54) is 11.1 Å². The summed E-state index contributed by atoms with van der Waals surface area (Å²) in [6.07, 6.45) is 3.01. The van der Waals surface area contributed by atoms with Gasteiger partial charge in [-0.05, 0) is 24.1 Å². The van der Waals surface area contributed by atoms with Gasteiger partial charge in [0.25, 0.3) is 0 Å². The van der Waals surface area contributed by atoms with Crippen molar-refractivity contribution in [2.45, 2.75) is 19.4 Å². The fraction of sp³-hybridized carbons (Fsp3) is 0.421. The van der Waals surface area contributed by atoms with Crippen molar-refractivity contribution in [3.8, 4) is 5.75 Å². The van der Waals surface area contributed by atoms with Crippen molar-refractivity contribution >= 4 is 0 Å². The van der Waals surface area contributed by atoms with Crippen LogP contribution in [0.3, 0.4) is 0 Å². The Morgan fingerprint density at radius 2 is 1.96 bits per heavy atom. The molecule has 0 amide bonds. The first-order valence-corrected chi connectivity index (χ1v) is 8.36. The van der Waals surface area contributed by atoms with E-state index in [0.29, 0.717) is 0 Å². The van der Waals surface area contributed by atoms with Crippen molar-refractivity contribution in [2.24, 2.45) is 0 Å². The molecule has 1 N–H and O–H groups in total. The van der Waals surface area contributed by atoms with Crippen LogP contribution in [0.1, 0.15) is 29.8 Å². The zero-order valence-corrected chi connectivity index (χ0v) is 14.0. The van der Waals surface area contributed by atoms with Crippen LogP contribution in [0.5, 0.6) is 5.75 Å². The lowest BCUT2D eigenvalue weighted by Gasteiger charge is -2.35. The minimum Gasteiger partial charge on any atom is -0.496 e. The Balaban J connectivity index is 2.01. The molecule has 2 heterocycles. The molecule has 1 atom stereocenters. The number of nitrogens with one attached hydrogen (secondary N) is 1. The van der Waals surface area contributed by atoms with Gasteiger partial charge in [0.2, 0.25) is 0 Å². The number of para-hydroxylation sites is 1. The molecule has 0 spiro atoms. The van der Waals surface area contributed by atoms with Gasteiger partial charge in [0, 0.05) is 37.9 Å². The predicted octanol–water partition coefficient (Wildman–Crippen LogP) is 2.65. The van der Waals surface area contributed by atoms with Gasteiger partial charge in [-0.25, -0.2) is 0 Å². The van der Waals surface area contributed by atoms with Gasteiger partial charge in [-0.1, -0.05) is 31.2 Å². The molecule has 1 saturated heterocycles. The molecule has 4 heteroatoms. The van der Waals surface area contributed by atoms with Crippen LogP contribution < -0.4 is 10.1 Å². The van der Waals surface area contributed by atoms with Crippen LogP contribution in [-0.4, -0.2) is 43.2 Å². The number of aryl methyl sites for hydroxylation is 1. The summed E-state index contributed by atoms with van der Waals surface area (Å²) in [7, 11) is 1.74. The number of rotatable bonds is 5. The van der Waals surface area contributed by atoms with Gasteiger partial charge >= 0.3 is 0 Å². The van der Waals surface area contributed by atoms with Gasteiger partial charge in [0.15, 0.2) is 0 Å². The normalized spacial score (nSPS) is 17.0. The van der Waals surface area contributed by atoms with Gasteiger partial charge in [-0.15, -0.1) is 0 Å². The van der Waals surface area contributed by atoms with Gasteiger partial charge < -0.3 is 10.1 Å². The highest BCUT2D eigenvalue weighted by atomic mass is 16.5. The van der Waals surface area contributed by atoms with Crippen LogP contribution in [-0.2, 0) is 6.42 Å². The molecule has 0 radical (unpaired) electrons. The number of hydrogen-bond donors (Lipinski definition) is 1. The largest absolute Gasteiger partial charge is 0.496 e. The van der Waals surface area contributed by atoms with E-state index in [4.69, 9.17) is 9.72 Å². The lowest BCUT2D eigenvalue weighted by atomic mass is 9.99.